The van der Waals surface area contributed by atoms with Crippen LogP contribution in [0.1, 0.15) is 53.4 Å². The number of amides is 3. The van der Waals surface area contributed by atoms with Crippen molar-refractivity contribution >= 4 is 52.3 Å². The zero-order chi connectivity index (χ0) is 28.7. The molecule has 3 amide bonds. The summed E-state index contributed by atoms with van der Waals surface area (Å²) in [5.41, 5.74) is 13.2. The summed E-state index contributed by atoms with van der Waals surface area (Å²) in [6, 6.07) is 5.07. The van der Waals surface area contributed by atoms with Gasteiger partial charge in [-0.3, -0.25) is 14.4 Å². The number of nitrogens with two attached hydrogens (primary N) is 2. The molecule has 0 saturated carbocycles. The molecule has 1 rings (SSSR count). The third kappa shape index (κ3) is 12.2. The molecule has 0 aliphatic carbocycles. The Morgan fingerprint density at radius 1 is 0.868 bits per heavy atom. The van der Waals surface area contributed by atoms with Gasteiger partial charge in [-0.2, -0.15) is 0 Å². The highest BCUT2D eigenvalue weighted by Gasteiger charge is 2.29. The first-order valence-electron chi connectivity index (χ1n) is 13.4. The molecular formula is C27H46Cl2N6O3. The molecule has 1 aromatic carbocycles. The molecule has 0 fully saturated rings. The fourth-order valence-electron chi connectivity index (χ4n) is 3.87. The lowest BCUT2D eigenvalue weighted by molar-refractivity contribution is -0.132. The van der Waals surface area contributed by atoms with E-state index in [9.17, 15) is 14.4 Å². The molecule has 3 atom stereocenters. The van der Waals surface area contributed by atoms with Crippen LogP contribution >= 0.6 is 23.2 Å². The molecule has 11 heteroatoms. The zero-order valence-electron chi connectivity index (χ0n) is 23.1. The van der Waals surface area contributed by atoms with Crippen molar-refractivity contribution in [2.75, 3.05) is 41.6 Å². The first-order valence-corrected chi connectivity index (χ1v) is 14.4. The number of carbonyl (C=O) groups excluding carboxylic acids is 3. The number of hydrogen-bond donors (Lipinski definition) is 5. The van der Waals surface area contributed by atoms with Gasteiger partial charge in [-0.1, -0.05) is 27.7 Å². The van der Waals surface area contributed by atoms with E-state index in [1.807, 2.05) is 39.8 Å². The van der Waals surface area contributed by atoms with Crippen LogP contribution < -0.4 is 32.3 Å². The minimum Gasteiger partial charge on any atom is -0.369 e. The summed E-state index contributed by atoms with van der Waals surface area (Å²) in [7, 11) is 0. The second kappa shape index (κ2) is 18.3. The van der Waals surface area contributed by atoms with Crippen molar-refractivity contribution in [1.29, 1.82) is 0 Å². The van der Waals surface area contributed by atoms with Crippen molar-refractivity contribution < 1.29 is 14.4 Å². The van der Waals surface area contributed by atoms with Crippen molar-refractivity contribution in [1.82, 2.24) is 10.6 Å². The molecule has 3 unspecified atom stereocenters. The first-order chi connectivity index (χ1) is 18.0. The first kappa shape index (κ1) is 34.0. The molecule has 0 spiro atoms. The number of unbranched alkanes of at least 4 members (excludes halogenated alkanes) is 1. The van der Waals surface area contributed by atoms with Gasteiger partial charge in [0.25, 0.3) is 0 Å². The van der Waals surface area contributed by atoms with Gasteiger partial charge in [-0.05, 0) is 68.3 Å². The van der Waals surface area contributed by atoms with Crippen LogP contribution in [0.3, 0.4) is 0 Å². The number of anilines is 2. The van der Waals surface area contributed by atoms with Gasteiger partial charge < -0.3 is 32.3 Å². The predicted molar refractivity (Wildman–Crippen MR) is 158 cm³/mol. The largest absolute Gasteiger partial charge is 0.369 e. The smallest absolute Gasteiger partial charge is 0.246 e. The van der Waals surface area contributed by atoms with E-state index in [2.05, 4.69) is 20.9 Å². The van der Waals surface area contributed by atoms with E-state index in [4.69, 9.17) is 34.7 Å². The minimum absolute atomic E-state index is 0.0733. The van der Waals surface area contributed by atoms with Gasteiger partial charge in [0.1, 0.15) is 12.1 Å². The van der Waals surface area contributed by atoms with Crippen molar-refractivity contribution in [3.63, 3.8) is 0 Å². The normalized spacial score (nSPS) is 13.6. The third-order valence-corrected chi connectivity index (χ3v) is 6.49. The highest BCUT2D eigenvalue weighted by molar-refractivity contribution is 6.18. The number of nitrogens with one attached hydrogen (secondary N) is 3. The predicted octanol–water partition coefficient (Wildman–Crippen LogP) is 3.04. The van der Waals surface area contributed by atoms with Crippen molar-refractivity contribution in [2.45, 2.75) is 71.5 Å². The standard InChI is InChI=1S/C27H46Cl2N6O3/c1-18(2)17-23(34-27(38)24(31)19(3)4)26(37)33-22(7-5-6-14-30)25(36)32-20-8-10-21(11-9-20)35(15-12-28)16-13-29/h8-11,18-19,22-24H,5-7,12-17,30-31H2,1-4H3,(H,32,36)(H,33,37)(H,34,38). The average Bonchev–Trinajstić information content (AvgIpc) is 2.87. The minimum atomic E-state index is -0.800. The molecule has 0 radical (unpaired) electrons. The van der Waals surface area contributed by atoms with E-state index < -0.39 is 24.0 Å². The fraction of sp³-hybridized carbons (Fsp3) is 0.667. The summed E-state index contributed by atoms with van der Waals surface area (Å²) in [5.74, 6) is -0.124. The molecule has 0 aromatic heterocycles. The lowest BCUT2D eigenvalue weighted by atomic mass is 10.00. The molecule has 7 N–H and O–H groups in total. The summed E-state index contributed by atoms with van der Waals surface area (Å²) < 4.78 is 0. The molecule has 0 heterocycles. The fourth-order valence-corrected chi connectivity index (χ4v) is 4.27. The number of carbonyl (C=O) groups is 3. The second-order valence-electron chi connectivity index (χ2n) is 10.2. The number of hydrogen-bond acceptors (Lipinski definition) is 6. The lowest BCUT2D eigenvalue weighted by Gasteiger charge is -2.26. The van der Waals surface area contributed by atoms with Crippen LogP contribution in [0.15, 0.2) is 24.3 Å². The van der Waals surface area contributed by atoms with Gasteiger partial charge in [-0.25, -0.2) is 0 Å². The van der Waals surface area contributed by atoms with Gasteiger partial charge in [0.05, 0.1) is 6.04 Å². The Hall–Kier alpha value is -2.07. The van der Waals surface area contributed by atoms with Crippen molar-refractivity contribution in [2.24, 2.45) is 23.3 Å². The van der Waals surface area contributed by atoms with Crippen LogP contribution in [-0.4, -0.2) is 67.2 Å². The Morgan fingerprint density at radius 3 is 1.95 bits per heavy atom. The molecule has 1 aromatic rings. The topological polar surface area (TPSA) is 143 Å². The van der Waals surface area contributed by atoms with Crippen LogP contribution in [0.25, 0.3) is 0 Å². The molecular weight excluding hydrogens is 527 g/mol. The molecule has 9 nitrogen and oxygen atoms in total. The van der Waals surface area contributed by atoms with Gasteiger partial charge in [0.15, 0.2) is 0 Å². The maximum absolute atomic E-state index is 13.3. The SMILES string of the molecule is CC(C)CC(NC(=O)C(N)C(C)C)C(=O)NC(CCCCN)C(=O)Nc1ccc(N(CCCl)CCCl)cc1. The van der Waals surface area contributed by atoms with Crippen LogP contribution in [0.4, 0.5) is 11.4 Å². The van der Waals surface area contributed by atoms with E-state index in [0.717, 1.165) is 12.1 Å². The van der Waals surface area contributed by atoms with E-state index in [0.29, 0.717) is 56.3 Å². The third-order valence-electron chi connectivity index (χ3n) is 6.15. The number of halogens is 2. The Morgan fingerprint density at radius 2 is 1.45 bits per heavy atom. The lowest BCUT2D eigenvalue weighted by Crippen LogP contribution is -2.56. The van der Waals surface area contributed by atoms with Crippen LogP contribution in [-0.2, 0) is 14.4 Å². The van der Waals surface area contributed by atoms with Crippen LogP contribution in [0.2, 0.25) is 0 Å². The van der Waals surface area contributed by atoms with Crippen LogP contribution in [0, 0.1) is 11.8 Å². The van der Waals surface area contributed by atoms with Gasteiger partial charge in [0.2, 0.25) is 17.7 Å². The Kier molecular flexibility index (Phi) is 16.3. The number of rotatable bonds is 18. The second-order valence-corrected chi connectivity index (χ2v) is 11.0. The highest BCUT2D eigenvalue weighted by atomic mass is 35.5. The summed E-state index contributed by atoms with van der Waals surface area (Å²) in [6.45, 7) is 9.43. The summed E-state index contributed by atoms with van der Waals surface area (Å²) in [4.78, 5) is 41.1. The van der Waals surface area contributed by atoms with Crippen molar-refractivity contribution in [3.8, 4) is 0 Å². The maximum atomic E-state index is 13.3. The number of alkyl halides is 2. The van der Waals surface area contributed by atoms with Crippen molar-refractivity contribution in [3.05, 3.63) is 24.3 Å². The average molecular weight is 574 g/mol. The highest BCUT2D eigenvalue weighted by Crippen LogP contribution is 2.19. The molecule has 0 aliphatic heterocycles. The number of nitrogens with zero attached hydrogens (tertiary/aromatic N) is 1. The summed E-state index contributed by atoms with van der Waals surface area (Å²) in [5, 5.41) is 8.53. The van der Waals surface area contributed by atoms with Gasteiger partial charge >= 0.3 is 0 Å². The Labute approximate surface area is 237 Å². The maximum Gasteiger partial charge on any atom is 0.246 e. The van der Waals surface area contributed by atoms with Gasteiger partial charge in [-0.15, -0.1) is 23.2 Å². The van der Waals surface area contributed by atoms with E-state index in [1.165, 1.54) is 0 Å². The monoisotopic (exact) mass is 572 g/mol. The van der Waals surface area contributed by atoms with Crippen LogP contribution in [0.5, 0.6) is 0 Å². The molecule has 0 aliphatic rings. The molecule has 216 valence electrons. The molecule has 0 bridgehead atoms. The van der Waals surface area contributed by atoms with Gasteiger partial charge in [0, 0.05) is 36.2 Å². The summed E-state index contributed by atoms with van der Waals surface area (Å²) in [6.07, 6.45) is 2.22. The quantitative estimate of drug-likeness (QED) is 0.135. The van der Waals surface area contributed by atoms with E-state index in [-0.39, 0.29) is 23.7 Å². The molecule has 0 saturated heterocycles. The summed E-state index contributed by atoms with van der Waals surface area (Å²) >= 11 is 11.8. The zero-order valence-corrected chi connectivity index (χ0v) is 24.7. The van der Waals surface area contributed by atoms with E-state index in [1.54, 1.807) is 12.1 Å². The van der Waals surface area contributed by atoms with E-state index >= 15 is 0 Å². The Balaban J connectivity index is 3.00. The Bertz CT molecular complexity index is 848. The molecule has 38 heavy (non-hydrogen) atoms. The number of benzene rings is 1.